The number of hydrogen-bond donors (Lipinski definition) is 1. The predicted octanol–water partition coefficient (Wildman–Crippen LogP) is 2.79. The number of fused-ring (bicyclic) bond motifs is 1. The number of benzene rings is 1. The van der Waals surface area contributed by atoms with Crippen LogP contribution in [0.15, 0.2) is 51.0 Å². The first-order valence-corrected chi connectivity index (χ1v) is 7.48. The third-order valence-corrected chi connectivity index (χ3v) is 4.08. The minimum Gasteiger partial charge on any atom is -0.497 e. The Morgan fingerprint density at radius 1 is 1.32 bits per heavy atom. The summed E-state index contributed by atoms with van der Waals surface area (Å²) in [4.78, 5) is 25.0. The van der Waals surface area contributed by atoms with Gasteiger partial charge in [0.2, 0.25) is 0 Å². The second kappa shape index (κ2) is 6.03. The van der Waals surface area contributed by atoms with Crippen molar-refractivity contribution in [1.29, 1.82) is 0 Å². The molecule has 0 atom stereocenters. The van der Waals surface area contributed by atoms with Gasteiger partial charge in [0.15, 0.2) is 0 Å². The SMILES string of the molecule is COc1ccc2c(C(=O)NCc3cccs3)cc(=O)oc2c1. The van der Waals surface area contributed by atoms with Crippen LogP contribution in [-0.4, -0.2) is 13.0 Å². The number of thiophene rings is 1. The van der Waals surface area contributed by atoms with Crippen LogP contribution in [0.5, 0.6) is 5.75 Å². The number of carbonyl (C=O) groups excluding carboxylic acids is 1. The molecule has 1 N–H and O–H groups in total. The molecule has 0 aliphatic rings. The zero-order chi connectivity index (χ0) is 15.5. The Bertz CT molecular complexity index is 867. The summed E-state index contributed by atoms with van der Waals surface area (Å²) in [5, 5.41) is 5.33. The van der Waals surface area contributed by atoms with Gasteiger partial charge in [-0.3, -0.25) is 4.79 Å². The molecule has 0 aliphatic carbocycles. The molecule has 1 amide bonds. The molecule has 5 nitrogen and oxygen atoms in total. The summed E-state index contributed by atoms with van der Waals surface area (Å²) < 4.78 is 10.2. The van der Waals surface area contributed by atoms with Crippen LogP contribution < -0.4 is 15.7 Å². The smallest absolute Gasteiger partial charge is 0.337 e. The highest BCUT2D eigenvalue weighted by atomic mass is 32.1. The van der Waals surface area contributed by atoms with Crippen molar-refractivity contribution in [2.45, 2.75) is 6.54 Å². The third kappa shape index (κ3) is 2.87. The van der Waals surface area contributed by atoms with Crippen molar-refractivity contribution < 1.29 is 13.9 Å². The van der Waals surface area contributed by atoms with Crippen LogP contribution in [0.2, 0.25) is 0 Å². The van der Waals surface area contributed by atoms with Crippen LogP contribution in [0.1, 0.15) is 15.2 Å². The highest BCUT2D eigenvalue weighted by molar-refractivity contribution is 7.09. The van der Waals surface area contributed by atoms with E-state index in [1.54, 1.807) is 29.5 Å². The van der Waals surface area contributed by atoms with Gasteiger partial charge in [0.25, 0.3) is 5.91 Å². The molecule has 0 bridgehead atoms. The lowest BCUT2D eigenvalue weighted by Crippen LogP contribution is -2.23. The summed E-state index contributed by atoms with van der Waals surface area (Å²) in [6.07, 6.45) is 0. The molecule has 0 radical (unpaired) electrons. The molecule has 0 aliphatic heterocycles. The highest BCUT2D eigenvalue weighted by Crippen LogP contribution is 2.22. The molecule has 2 heterocycles. The number of hydrogen-bond acceptors (Lipinski definition) is 5. The number of ether oxygens (including phenoxy) is 1. The lowest BCUT2D eigenvalue weighted by molar-refractivity contribution is 0.0952. The van der Waals surface area contributed by atoms with E-state index < -0.39 is 5.63 Å². The fourth-order valence-electron chi connectivity index (χ4n) is 2.13. The standard InChI is InChI=1S/C16H13NO4S/c1-20-10-4-5-12-13(8-15(18)21-14(12)7-10)16(19)17-9-11-3-2-6-22-11/h2-8H,9H2,1H3,(H,17,19). The van der Waals surface area contributed by atoms with Crippen molar-refractivity contribution in [3.05, 3.63) is 62.6 Å². The summed E-state index contributed by atoms with van der Waals surface area (Å²) in [5.74, 6) is 0.253. The van der Waals surface area contributed by atoms with Gasteiger partial charge in [-0.05, 0) is 23.6 Å². The van der Waals surface area contributed by atoms with Gasteiger partial charge in [0, 0.05) is 22.4 Å². The van der Waals surface area contributed by atoms with Gasteiger partial charge in [-0.15, -0.1) is 11.3 Å². The van der Waals surface area contributed by atoms with Gasteiger partial charge in [0.05, 0.1) is 19.2 Å². The van der Waals surface area contributed by atoms with Crippen LogP contribution >= 0.6 is 11.3 Å². The predicted molar refractivity (Wildman–Crippen MR) is 84.5 cm³/mol. The van der Waals surface area contributed by atoms with Crippen molar-refractivity contribution in [1.82, 2.24) is 5.32 Å². The fourth-order valence-corrected chi connectivity index (χ4v) is 2.78. The number of methoxy groups -OCH3 is 1. The molecule has 0 unspecified atom stereocenters. The lowest BCUT2D eigenvalue weighted by Gasteiger charge is -2.07. The molecule has 6 heteroatoms. The molecule has 0 saturated heterocycles. The highest BCUT2D eigenvalue weighted by Gasteiger charge is 2.13. The van der Waals surface area contributed by atoms with E-state index in [-0.39, 0.29) is 5.91 Å². The zero-order valence-electron chi connectivity index (χ0n) is 11.8. The maximum absolute atomic E-state index is 12.3. The second-order valence-corrected chi connectivity index (χ2v) is 5.64. The summed E-state index contributed by atoms with van der Waals surface area (Å²) in [5.41, 5.74) is 0.0561. The van der Waals surface area contributed by atoms with Gasteiger partial charge in [-0.2, -0.15) is 0 Å². The van der Waals surface area contributed by atoms with Gasteiger partial charge in [-0.25, -0.2) is 4.79 Å². The molecule has 3 rings (SSSR count). The normalized spacial score (nSPS) is 10.6. The molecule has 112 valence electrons. The zero-order valence-corrected chi connectivity index (χ0v) is 12.6. The summed E-state index contributed by atoms with van der Waals surface area (Å²) in [6.45, 7) is 0.425. The average molecular weight is 315 g/mol. The van der Waals surface area contributed by atoms with E-state index >= 15 is 0 Å². The molecule has 0 fully saturated rings. The van der Waals surface area contributed by atoms with Crippen LogP contribution in [0.3, 0.4) is 0 Å². The molecule has 0 saturated carbocycles. The van der Waals surface area contributed by atoms with E-state index in [0.717, 1.165) is 4.88 Å². The Hall–Kier alpha value is -2.60. The average Bonchev–Trinajstić information content (AvgIpc) is 3.04. The van der Waals surface area contributed by atoms with E-state index in [4.69, 9.17) is 9.15 Å². The Morgan fingerprint density at radius 3 is 2.91 bits per heavy atom. The Balaban J connectivity index is 1.95. The molecular weight excluding hydrogens is 302 g/mol. The molecule has 1 aromatic carbocycles. The third-order valence-electron chi connectivity index (χ3n) is 3.20. The van der Waals surface area contributed by atoms with Crippen molar-refractivity contribution >= 4 is 28.2 Å². The topological polar surface area (TPSA) is 68.5 Å². The number of nitrogens with one attached hydrogen (secondary N) is 1. The first-order chi connectivity index (χ1) is 10.7. The van der Waals surface area contributed by atoms with Crippen LogP contribution in [0, 0.1) is 0 Å². The van der Waals surface area contributed by atoms with Crippen molar-refractivity contribution in [3.8, 4) is 5.75 Å². The molecule has 22 heavy (non-hydrogen) atoms. The van der Waals surface area contributed by atoms with Gasteiger partial charge >= 0.3 is 5.63 Å². The molecular formula is C16H13NO4S. The van der Waals surface area contributed by atoms with Crippen LogP contribution in [0.25, 0.3) is 11.0 Å². The molecule has 2 aromatic heterocycles. The first-order valence-electron chi connectivity index (χ1n) is 6.60. The van der Waals surface area contributed by atoms with E-state index in [1.807, 2.05) is 17.5 Å². The molecule has 3 aromatic rings. The van der Waals surface area contributed by atoms with Crippen LogP contribution in [-0.2, 0) is 6.54 Å². The number of rotatable bonds is 4. The van der Waals surface area contributed by atoms with Gasteiger partial charge in [-0.1, -0.05) is 6.07 Å². The van der Waals surface area contributed by atoms with Crippen molar-refractivity contribution in [2.75, 3.05) is 7.11 Å². The maximum Gasteiger partial charge on any atom is 0.337 e. The van der Waals surface area contributed by atoms with E-state index in [9.17, 15) is 9.59 Å². The fraction of sp³-hybridized carbons (Fsp3) is 0.125. The van der Waals surface area contributed by atoms with Crippen molar-refractivity contribution in [3.63, 3.8) is 0 Å². The Kier molecular flexibility index (Phi) is 3.93. The summed E-state index contributed by atoms with van der Waals surface area (Å²) in [7, 11) is 1.52. The minimum atomic E-state index is -0.568. The molecule has 0 spiro atoms. The number of amides is 1. The van der Waals surface area contributed by atoms with E-state index in [2.05, 4.69) is 5.32 Å². The summed E-state index contributed by atoms with van der Waals surface area (Å²) >= 11 is 1.56. The summed E-state index contributed by atoms with van der Waals surface area (Å²) in [6, 6.07) is 10.1. The van der Waals surface area contributed by atoms with Gasteiger partial charge in [0.1, 0.15) is 11.3 Å². The monoisotopic (exact) mass is 315 g/mol. The minimum absolute atomic E-state index is 0.297. The Morgan fingerprint density at radius 2 is 2.18 bits per heavy atom. The van der Waals surface area contributed by atoms with Crippen LogP contribution in [0.4, 0.5) is 0 Å². The largest absolute Gasteiger partial charge is 0.497 e. The maximum atomic E-state index is 12.3. The Labute approximate surface area is 130 Å². The first kappa shape index (κ1) is 14.3. The lowest BCUT2D eigenvalue weighted by atomic mass is 10.1. The quantitative estimate of drug-likeness (QED) is 0.752. The van der Waals surface area contributed by atoms with E-state index in [0.29, 0.717) is 28.8 Å². The van der Waals surface area contributed by atoms with Crippen molar-refractivity contribution in [2.24, 2.45) is 0 Å². The van der Waals surface area contributed by atoms with Gasteiger partial charge < -0.3 is 14.5 Å². The second-order valence-electron chi connectivity index (χ2n) is 4.60. The number of carbonyl (C=O) groups is 1. The van der Waals surface area contributed by atoms with E-state index in [1.165, 1.54) is 13.2 Å².